The van der Waals surface area contributed by atoms with Crippen molar-refractivity contribution in [2.45, 2.75) is 12.5 Å². The number of nitrogens with two attached hydrogens (primary N) is 1. The average Bonchev–Trinajstić information content (AvgIpc) is 2.27. The van der Waals surface area contributed by atoms with Crippen LogP contribution >= 0.6 is 0 Å². The fraction of sp³-hybridized carbons (Fsp3) is 0.364. The van der Waals surface area contributed by atoms with Gasteiger partial charge in [0.25, 0.3) is 0 Å². The van der Waals surface area contributed by atoms with Crippen molar-refractivity contribution in [1.82, 2.24) is 0 Å². The molecular weight excluding hydrogens is 232 g/mol. The van der Waals surface area contributed by atoms with Crippen molar-refractivity contribution in [3.63, 3.8) is 0 Å². The number of carbonyl (C=O) groups excluding carboxylic acids is 1. The molecule has 2 N–H and O–H groups in total. The van der Waals surface area contributed by atoms with Crippen LogP contribution in [0.1, 0.15) is 5.56 Å². The van der Waals surface area contributed by atoms with Gasteiger partial charge in [0.2, 0.25) is 0 Å². The monoisotopic (exact) mass is 245 g/mol. The minimum absolute atomic E-state index is 0.00942. The predicted molar refractivity (Wildman–Crippen MR) is 56.6 cm³/mol. The molecule has 0 aromatic heterocycles. The fourth-order valence-electron chi connectivity index (χ4n) is 1.41. The molecule has 0 radical (unpaired) electrons. The van der Waals surface area contributed by atoms with Gasteiger partial charge in [-0.15, -0.1) is 0 Å². The number of hydrogen-bond donors (Lipinski definition) is 1. The van der Waals surface area contributed by atoms with E-state index < -0.39 is 29.4 Å². The van der Waals surface area contributed by atoms with Crippen molar-refractivity contribution >= 4 is 5.97 Å². The summed E-state index contributed by atoms with van der Waals surface area (Å²) < 4.78 is 35.6. The predicted octanol–water partition coefficient (Wildman–Crippen LogP) is 1.02. The Morgan fingerprint density at radius 3 is 2.29 bits per heavy atom. The maximum absolute atomic E-state index is 13.3. The number of methoxy groups -OCH3 is 2. The Kier molecular flexibility index (Phi) is 4.39. The summed E-state index contributed by atoms with van der Waals surface area (Å²) >= 11 is 0. The smallest absolute Gasteiger partial charge is 0.322 e. The highest BCUT2D eigenvalue weighted by Crippen LogP contribution is 2.23. The maximum Gasteiger partial charge on any atom is 0.322 e. The van der Waals surface area contributed by atoms with Crippen LogP contribution in [0.2, 0.25) is 0 Å². The highest BCUT2D eigenvalue weighted by atomic mass is 19.1. The number of carbonyl (C=O) groups is 1. The van der Waals surface area contributed by atoms with E-state index in [4.69, 9.17) is 5.73 Å². The van der Waals surface area contributed by atoms with Crippen molar-refractivity contribution in [3.8, 4) is 5.75 Å². The van der Waals surface area contributed by atoms with Crippen LogP contribution in [-0.4, -0.2) is 26.2 Å². The normalized spacial score (nSPS) is 12.1. The number of hydrogen-bond acceptors (Lipinski definition) is 4. The van der Waals surface area contributed by atoms with E-state index in [0.717, 1.165) is 12.1 Å². The van der Waals surface area contributed by atoms with Crippen molar-refractivity contribution < 1.29 is 23.0 Å². The lowest BCUT2D eigenvalue weighted by Gasteiger charge is -2.10. The molecule has 6 heteroatoms. The Balaban J connectivity index is 2.90. The molecule has 17 heavy (non-hydrogen) atoms. The number of benzene rings is 1. The van der Waals surface area contributed by atoms with E-state index in [0.29, 0.717) is 0 Å². The van der Waals surface area contributed by atoms with Gasteiger partial charge in [-0.2, -0.15) is 0 Å². The topological polar surface area (TPSA) is 61.5 Å². The standard InChI is InChI=1S/C11H13F2NO3/c1-16-10-7(12)3-6(4-8(10)13)5-9(14)11(15)17-2/h3-4,9H,5,14H2,1-2H3/t9-/m0/s1. The summed E-state index contributed by atoms with van der Waals surface area (Å²) in [5, 5.41) is 0. The van der Waals surface area contributed by atoms with Crippen LogP contribution in [0.5, 0.6) is 5.75 Å². The van der Waals surface area contributed by atoms with Gasteiger partial charge >= 0.3 is 5.97 Å². The molecule has 0 saturated carbocycles. The third kappa shape index (κ3) is 3.13. The van der Waals surface area contributed by atoms with E-state index in [1.807, 2.05) is 0 Å². The van der Waals surface area contributed by atoms with E-state index in [-0.39, 0.29) is 12.0 Å². The molecular formula is C11H13F2NO3. The van der Waals surface area contributed by atoms with E-state index >= 15 is 0 Å². The van der Waals surface area contributed by atoms with Crippen LogP contribution in [0, 0.1) is 11.6 Å². The first-order valence-electron chi connectivity index (χ1n) is 4.85. The highest BCUT2D eigenvalue weighted by Gasteiger charge is 2.17. The molecule has 1 aromatic carbocycles. The third-order valence-corrected chi connectivity index (χ3v) is 2.22. The molecule has 0 heterocycles. The molecule has 0 unspecified atom stereocenters. The molecule has 0 amide bonds. The molecule has 94 valence electrons. The van der Waals surface area contributed by atoms with Crippen LogP contribution in [0.25, 0.3) is 0 Å². The van der Waals surface area contributed by atoms with E-state index in [1.165, 1.54) is 14.2 Å². The summed E-state index contributed by atoms with van der Waals surface area (Å²) in [4.78, 5) is 11.0. The van der Waals surface area contributed by atoms with Gasteiger partial charge in [0.05, 0.1) is 14.2 Å². The first-order valence-corrected chi connectivity index (χ1v) is 4.85. The summed E-state index contributed by atoms with van der Waals surface area (Å²) in [6.45, 7) is 0. The lowest BCUT2D eigenvalue weighted by molar-refractivity contribution is -0.142. The quantitative estimate of drug-likeness (QED) is 0.804. The zero-order chi connectivity index (χ0) is 13.0. The summed E-state index contributed by atoms with van der Waals surface area (Å²) in [5.41, 5.74) is 5.74. The minimum Gasteiger partial charge on any atom is -0.491 e. The van der Waals surface area contributed by atoms with Gasteiger partial charge in [-0.3, -0.25) is 4.79 Å². The Labute approximate surface area is 97.3 Å². The molecule has 0 spiro atoms. The molecule has 0 aliphatic heterocycles. The van der Waals surface area contributed by atoms with Gasteiger partial charge in [-0.25, -0.2) is 8.78 Å². The summed E-state index contributed by atoms with van der Waals surface area (Å²) in [6, 6.07) is 1.20. The van der Waals surface area contributed by atoms with Gasteiger partial charge < -0.3 is 15.2 Å². The van der Waals surface area contributed by atoms with Crippen molar-refractivity contribution in [2.24, 2.45) is 5.73 Å². The first kappa shape index (κ1) is 13.4. The van der Waals surface area contributed by atoms with Gasteiger partial charge in [0.15, 0.2) is 17.4 Å². The summed E-state index contributed by atoms with van der Waals surface area (Å²) in [7, 11) is 2.36. The summed E-state index contributed by atoms with van der Waals surface area (Å²) in [5.74, 6) is -2.76. The first-order chi connectivity index (χ1) is 7.99. The second-order valence-electron chi connectivity index (χ2n) is 3.43. The maximum atomic E-state index is 13.3. The number of rotatable bonds is 4. The average molecular weight is 245 g/mol. The Morgan fingerprint density at radius 2 is 1.88 bits per heavy atom. The van der Waals surface area contributed by atoms with Crippen molar-refractivity contribution in [2.75, 3.05) is 14.2 Å². The van der Waals surface area contributed by atoms with Crippen LogP contribution in [0.15, 0.2) is 12.1 Å². The van der Waals surface area contributed by atoms with Crippen LogP contribution < -0.4 is 10.5 Å². The molecule has 0 aliphatic carbocycles. The van der Waals surface area contributed by atoms with Gasteiger partial charge in [0.1, 0.15) is 6.04 Å². The SMILES string of the molecule is COC(=O)[C@@H](N)Cc1cc(F)c(OC)c(F)c1. The van der Waals surface area contributed by atoms with Gasteiger partial charge in [0, 0.05) is 0 Å². The van der Waals surface area contributed by atoms with E-state index in [1.54, 1.807) is 0 Å². The zero-order valence-corrected chi connectivity index (χ0v) is 9.50. The number of ether oxygens (including phenoxy) is 2. The van der Waals surface area contributed by atoms with Gasteiger partial charge in [-0.05, 0) is 24.1 Å². The number of halogens is 2. The zero-order valence-electron chi connectivity index (χ0n) is 9.50. The van der Waals surface area contributed by atoms with Crippen LogP contribution in [0.4, 0.5) is 8.78 Å². The van der Waals surface area contributed by atoms with E-state index in [9.17, 15) is 13.6 Å². The van der Waals surface area contributed by atoms with E-state index in [2.05, 4.69) is 9.47 Å². The lowest BCUT2D eigenvalue weighted by atomic mass is 10.1. The molecule has 1 atom stereocenters. The van der Waals surface area contributed by atoms with Crippen molar-refractivity contribution in [1.29, 1.82) is 0 Å². The Hall–Kier alpha value is -1.69. The van der Waals surface area contributed by atoms with Crippen molar-refractivity contribution in [3.05, 3.63) is 29.3 Å². The van der Waals surface area contributed by atoms with Crippen LogP contribution in [-0.2, 0) is 16.0 Å². The van der Waals surface area contributed by atoms with Gasteiger partial charge in [-0.1, -0.05) is 0 Å². The van der Waals surface area contributed by atoms with Crippen LogP contribution in [0.3, 0.4) is 0 Å². The molecule has 0 saturated heterocycles. The lowest BCUT2D eigenvalue weighted by Crippen LogP contribution is -2.33. The fourth-order valence-corrected chi connectivity index (χ4v) is 1.41. The Morgan fingerprint density at radius 1 is 1.35 bits per heavy atom. The molecule has 0 aliphatic rings. The summed E-state index contributed by atoms with van der Waals surface area (Å²) in [6.07, 6.45) is -0.00942. The number of esters is 1. The second-order valence-corrected chi connectivity index (χ2v) is 3.43. The largest absolute Gasteiger partial charge is 0.491 e. The minimum atomic E-state index is -0.952. The molecule has 4 nitrogen and oxygen atoms in total. The third-order valence-electron chi connectivity index (χ3n) is 2.22. The molecule has 1 aromatic rings. The highest BCUT2D eigenvalue weighted by molar-refractivity contribution is 5.75. The Bertz CT molecular complexity index is 400. The molecule has 1 rings (SSSR count). The second kappa shape index (κ2) is 5.58. The molecule has 0 bridgehead atoms. The molecule has 0 fully saturated rings.